The lowest BCUT2D eigenvalue weighted by Crippen LogP contribution is -2.51. The average molecular weight is 528 g/mol. The fourth-order valence-corrected chi connectivity index (χ4v) is 5.03. The maximum absolute atomic E-state index is 11.2. The van der Waals surface area contributed by atoms with Crippen molar-refractivity contribution in [1.29, 1.82) is 0 Å². The third-order valence-electron chi connectivity index (χ3n) is 6.77. The number of hydrogen-bond donors (Lipinski definition) is 1. The molecule has 1 aliphatic heterocycles. The molecule has 2 heterocycles. The number of aromatic nitrogens is 2. The zero-order chi connectivity index (χ0) is 26.3. The predicted molar refractivity (Wildman–Crippen MR) is 146 cm³/mol. The Morgan fingerprint density at radius 3 is 2.78 bits per heavy atom. The van der Waals surface area contributed by atoms with E-state index in [9.17, 15) is 5.11 Å². The van der Waals surface area contributed by atoms with E-state index < -0.39 is 5.60 Å². The van der Waals surface area contributed by atoms with Crippen molar-refractivity contribution < 1.29 is 19.3 Å². The molecule has 1 aromatic heterocycles. The first-order valence-electron chi connectivity index (χ1n) is 13.0. The zero-order valence-electron chi connectivity index (χ0n) is 22.1. The molecule has 1 aliphatic rings. The van der Waals surface area contributed by atoms with Crippen LogP contribution in [-0.2, 0) is 19.5 Å². The van der Waals surface area contributed by atoms with Gasteiger partial charge in [0, 0.05) is 38.4 Å². The van der Waals surface area contributed by atoms with Crippen molar-refractivity contribution in [3.63, 3.8) is 0 Å². The Bertz CT molecular complexity index is 1170. The van der Waals surface area contributed by atoms with Crippen LogP contribution in [0.25, 0.3) is 0 Å². The van der Waals surface area contributed by atoms with Crippen LogP contribution in [-0.4, -0.2) is 58.6 Å². The Morgan fingerprint density at radius 2 is 1.97 bits per heavy atom. The molecule has 0 radical (unpaired) electrons. The molecule has 1 N–H and O–H groups in total. The molecular formula is C29H38ClN3O4. The molecule has 2 aromatic carbocycles. The average Bonchev–Trinajstić information content (AvgIpc) is 3.35. The van der Waals surface area contributed by atoms with Crippen molar-refractivity contribution >= 4 is 11.6 Å². The van der Waals surface area contributed by atoms with Crippen molar-refractivity contribution in [2.24, 2.45) is 0 Å². The molecule has 37 heavy (non-hydrogen) atoms. The first kappa shape index (κ1) is 27.3. The smallest absolute Gasteiger partial charge is 0.161 e. The summed E-state index contributed by atoms with van der Waals surface area (Å²) in [7, 11) is 1.67. The lowest BCUT2D eigenvalue weighted by molar-refractivity contribution is -0.0621. The molecule has 7 nitrogen and oxygen atoms in total. The minimum Gasteiger partial charge on any atom is -0.493 e. The van der Waals surface area contributed by atoms with E-state index in [1.807, 2.05) is 49.6 Å². The van der Waals surface area contributed by atoms with Gasteiger partial charge in [-0.3, -0.25) is 4.90 Å². The van der Waals surface area contributed by atoms with Crippen molar-refractivity contribution in [2.45, 2.75) is 58.2 Å². The van der Waals surface area contributed by atoms with Crippen LogP contribution in [0.1, 0.15) is 43.1 Å². The molecule has 0 bridgehead atoms. The van der Waals surface area contributed by atoms with Gasteiger partial charge in [-0.15, -0.1) is 0 Å². The lowest BCUT2D eigenvalue weighted by Gasteiger charge is -2.39. The van der Waals surface area contributed by atoms with Crippen LogP contribution in [0.4, 0.5) is 0 Å². The number of aliphatic hydroxyl groups is 1. The van der Waals surface area contributed by atoms with Gasteiger partial charge < -0.3 is 23.9 Å². The summed E-state index contributed by atoms with van der Waals surface area (Å²) in [6.45, 7) is 7.96. The van der Waals surface area contributed by atoms with E-state index in [0.29, 0.717) is 36.9 Å². The van der Waals surface area contributed by atoms with Crippen LogP contribution < -0.4 is 14.2 Å². The summed E-state index contributed by atoms with van der Waals surface area (Å²) in [5, 5.41) is 11.8. The van der Waals surface area contributed by atoms with Crippen molar-refractivity contribution in [3.05, 3.63) is 70.8 Å². The second-order valence-corrected chi connectivity index (χ2v) is 10.2. The number of piperidine rings is 1. The Morgan fingerprint density at radius 1 is 1.11 bits per heavy atom. The summed E-state index contributed by atoms with van der Waals surface area (Å²) >= 11 is 6.27. The van der Waals surface area contributed by atoms with Crippen molar-refractivity contribution in [2.75, 3.05) is 33.4 Å². The zero-order valence-corrected chi connectivity index (χ0v) is 22.8. The fourth-order valence-electron chi connectivity index (χ4n) is 4.85. The van der Waals surface area contributed by atoms with E-state index in [-0.39, 0.29) is 6.61 Å². The summed E-state index contributed by atoms with van der Waals surface area (Å²) in [5.74, 6) is 3.17. The number of ether oxygens (including phenoxy) is 3. The SMILES string of the molecule is CCc1nccn1CCCOc1ccc(CN2CCC[C@](O)(COc3cc(C)ccc3Cl)C2)cc1OC. The van der Waals surface area contributed by atoms with Crippen LogP contribution in [0, 0.1) is 6.92 Å². The minimum absolute atomic E-state index is 0.210. The van der Waals surface area contributed by atoms with Gasteiger partial charge >= 0.3 is 0 Å². The molecule has 0 aliphatic carbocycles. The topological polar surface area (TPSA) is 69.0 Å². The largest absolute Gasteiger partial charge is 0.493 e. The molecule has 1 fully saturated rings. The summed E-state index contributed by atoms with van der Waals surface area (Å²) in [5.41, 5.74) is 1.26. The van der Waals surface area contributed by atoms with Gasteiger partial charge in [0.05, 0.1) is 18.7 Å². The number of rotatable bonds is 12. The maximum atomic E-state index is 11.2. The fraction of sp³-hybridized carbons (Fsp3) is 0.483. The van der Waals surface area contributed by atoms with Gasteiger partial charge in [0.1, 0.15) is 23.8 Å². The number of likely N-dealkylation sites (tertiary alicyclic amines) is 1. The van der Waals surface area contributed by atoms with Gasteiger partial charge in [-0.2, -0.15) is 0 Å². The Hall–Kier alpha value is -2.74. The van der Waals surface area contributed by atoms with E-state index in [4.69, 9.17) is 25.8 Å². The Kier molecular flexibility index (Phi) is 9.35. The molecule has 0 spiro atoms. The molecule has 8 heteroatoms. The normalized spacial score (nSPS) is 18.1. The molecule has 200 valence electrons. The summed E-state index contributed by atoms with van der Waals surface area (Å²) in [6.07, 6.45) is 7.26. The number of nitrogens with zero attached hydrogens (tertiary/aromatic N) is 3. The highest BCUT2D eigenvalue weighted by molar-refractivity contribution is 6.32. The van der Waals surface area contributed by atoms with E-state index >= 15 is 0 Å². The molecule has 3 aromatic rings. The van der Waals surface area contributed by atoms with Gasteiger partial charge in [-0.25, -0.2) is 4.98 Å². The number of methoxy groups -OCH3 is 1. The number of imidazole rings is 1. The standard InChI is InChI=1S/C29H38ClN3O4/c1-4-28-31-12-15-33(28)14-6-16-36-25-10-8-23(18-27(25)35-3)19-32-13-5-11-29(34,20-32)21-37-26-17-22(2)7-9-24(26)30/h7-10,12,15,17-18,34H,4-6,11,13-14,16,19-21H2,1-3H3/t29-/m1/s1. The number of hydrogen-bond acceptors (Lipinski definition) is 6. The Labute approximate surface area is 224 Å². The van der Waals surface area contributed by atoms with Gasteiger partial charge in [0.2, 0.25) is 0 Å². The van der Waals surface area contributed by atoms with Gasteiger partial charge in [-0.05, 0) is 68.1 Å². The van der Waals surface area contributed by atoms with Crippen LogP contribution >= 0.6 is 11.6 Å². The quantitative estimate of drug-likeness (QED) is 0.323. The Balaban J connectivity index is 1.30. The van der Waals surface area contributed by atoms with E-state index in [0.717, 1.165) is 60.8 Å². The molecule has 0 saturated carbocycles. The van der Waals surface area contributed by atoms with E-state index in [2.05, 4.69) is 27.4 Å². The lowest BCUT2D eigenvalue weighted by atomic mass is 9.93. The summed E-state index contributed by atoms with van der Waals surface area (Å²) < 4.78 is 19.8. The highest BCUT2D eigenvalue weighted by Crippen LogP contribution is 2.31. The monoisotopic (exact) mass is 527 g/mol. The highest BCUT2D eigenvalue weighted by atomic mass is 35.5. The molecule has 1 atom stereocenters. The second kappa shape index (κ2) is 12.7. The highest BCUT2D eigenvalue weighted by Gasteiger charge is 2.34. The summed E-state index contributed by atoms with van der Waals surface area (Å²) in [4.78, 5) is 6.63. The van der Waals surface area contributed by atoms with Crippen LogP contribution in [0.15, 0.2) is 48.8 Å². The molecule has 1 saturated heterocycles. The maximum Gasteiger partial charge on any atom is 0.161 e. The predicted octanol–water partition coefficient (Wildman–Crippen LogP) is 5.29. The first-order chi connectivity index (χ1) is 17.9. The number of aryl methyl sites for hydroxylation is 3. The molecule has 4 rings (SSSR count). The van der Waals surface area contributed by atoms with E-state index in [1.165, 1.54) is 0 Å². The molecule has 0 unspecified atom stereocenters. The van der Waals surface area contributed by atoms with Gasteiger partial charge in [-0.1, -0.05) is 30.7 Å². The van der Waals surface area contributed by atoms with Gasteiger partial charge in [0.15, 0.2) is 11.5 Å². The van der Waals surface area contributed by atoms with Crippen LogP contribution in [0.3, 0.4) is 0 Å². The third-order valence-corrected chi connectivity index (χ3v) is 7.08. The minimum atomic E-state index is -0.925. The van der Waals surface area contributed by atoms with E-state index in [1.54, 1.807) is 7.11 Å². The third kappa shape index (κ3) is 7.40. The second-order valence-electron chi connectivity index (χ2n) is 9.84. The van der Waals surface area contributed by atoms with Crippen molar-refractivity contribution in [1.82, 2.24) is 14.5 Å². The van der Waals surface area contributed by atoms with Crippen LogP contribution in [0.2, 0.25) is 5.02 Å². The molecule has 0 amide bonds. The first-order valence-corrected chi connectivity index (χ1v) is 13.4. The van der Waals surface area contributed by atoms with Crippen molar-refractivity contribution in [3.8, 4) is 17.2 Å². The van der Waals surface area contributed by atoms with Crippen LogP contribution in [0.5, 0.6) is 17.2 Å². The number of β-amino-alcohol motifs (C(OH)–C–C–N with tert-alkyl or cyclic N) is 1. The van der Waals surface area contributed by atoms with Gasteiger partial charge in [0.25, 0.3) is 0 Å². The summed E-state index contributed by atoms with van der Waals surface area (Å²) in [6, 6.07) is 11.7. The number of halogens is 1. The number of benzene rings is 2. The molecular weight excluding hydrogens is 490 g/mol.